The second-order valence-electron chi connectivity index (χ2n) is 4.55. The monoisotopic (exact) mass is 200 g/mol. The minimum absolute atomic E-state index is 0.463. The van der Waals surface area contributed by atoms with Crippen molar-refractivity contribution in [1.82, 2.24) is 0 Å². The molecule has 2 aliphatic rings. The summed E-state index contributed by atoms with van der Waals surface area (Å²) in [5.74, 6) is 1.39. The molecule has 0 aromatic heterocycles. The molecule has 0 spiro atoms. The van der Waals surface area contributed by atoms with Crippen molar-refractivity contribution in [3.05, 3.63) is 48.0 Å². The van der Waals surface area contributed by atoms with Gasteiger partial charge in [0.05, 0.1) is 12.7 Å². The Morgan fingerprint density at radius 1 is 1.00 bits per heavy atom. The summed E-state index contributed by atoms with van der Waals surface area (Å²) in [5.41, 5.74) is 1.28. The number of ether oxygens (including phenoxy) is 1. The van der Waals surface area contributed by atoms with E-state index in [2.05, 4.69) is 36.4 Å². The molecule has 0 aliphatic heterocycles. The predicted octanol–water partition coefficient (Wildman–Crippen LogP) is 3.17. The second kappa shape index (κ2) is 3.82. The lowest BCUT2D eigenvalue weighted by Gasteiger charge is -2.16. The summed E-state index contributed by atoms with van der Waals surface area (Å²) in [7, 11) is 0. The quantitative estimate of drug-likeness (QED) is 0.681. The summed E-state index contributed by atoms with van der Waals surface area (Å²) in [6.45, 7) is 0.764. The fourth-order valence-electron chi connectivity index (χ4n) is 2.74. The molecule has 1 aromatic rings. The third-order valence-electron chi connectivity index (χ3n) is 3.57. The van der Waals surface area contributed by atoms with Crippen molar-refractivity contribution in [2.75, 3.05) is 0 Å². The molecule has 15 heavy (non-hydrogen) atoms. The van der Waals surface area contributed by atoms with Gasteiger partial charge in [-0.2, -0.15) is 0 Å². The second-order valence-corrected chi connectivity index (χ2v) is 4.55. The van der Waals surface area contributed by atoms with Crippen LogP contribution in [0.25, 0.3) is 0 Å². The maximum absolute atomic E-state index is 6.01. The molecule has 0 amide bonds. The van der Waals surface area contributed by atoms with E-state index in [0.29, 0.717) is 17.9 Å². The highest BCUT2D eigenvalue weighted by molar-refractivity contribution is 5.15. The molecule has 3 rings (SSSR count). The Bertz CT molecular complexity index is 341. The van der Waals surface area contributed by atoms with E-state index in [1.165, 1.54) is 18.4 Å². The lowest BCUT2D eigenvalue weighted by Crippen LogP contribution is -2.18. The maximum atomic E-state index is 6.01. The van der Waals surface area contributed by atoms with Crippen LogP contribution in [0.1, 0.15) is 18.4 Å². The van der Waals surface area contributed by atoms with Crippen molar-refractivity contribution in [3.63, 3.8) is 0 Å². The molecule has 0 radical (unpaired) electrons. The topological polar surface area (TPSA) is 9.23 Å². The van der Waals surface area contributed by atoms with Crippen LogP contribution < -0.4 is 0 Å². The van der Waals surface area contributed by atoms with Crippen molar-refractivity contribution in [2.45, 2.75) is 25.6 Å². The first-order valence-corrected chi connectivity index (χ1v) is 5.77. The van der Waals surface area contributed by atoms with Crippen LogP contribution in [0.2, 0.25) is 0 Å². The molecule has 0 saturated heterocycles. The zero-order valence-corrected chi connectivity index (χ0v) is 8.80. The summed E-state index contributed by atoms with van der Waals surface area (Å²) < 4.78 is 6.01. The van der Waals surface area contributed by atoms with E-state index in [0.717, 1.165) is 6.61 Å². The Morgan fingerprint density at radius 2 is 1.67 bits per heavy atom. The summed E-state index contributed by atoms with van der Waals surface area (Å²) >= 11 is 0. The molecule has 0 N–H and O–H groups in total. The van der Waals surface area contributed by atoms with Gasteiger partial charge in [-0.3, -0.25) is 0 Å². The van der Waals surface area contributed by atoms with Crippen LogP contribution >= 0.6 is 0 Å². The number of rotatable bonds is 3. The first-order valence-electron chi connectivity index (χ1n) is 5.77. The molecule has 1 fully saturated rings. The number of fused-ring (bicyclic) bond motifs is 2. The Morgan fingerprint density at radius 3 is 2.27 bits per heavy atom. The number of hydrogen-bond donors (Lipinski definition) is 0. The van der Waals surface area contributed by atoms with Crippen LogP contribution in [-0.2, 0) is 11.3 Å². The first kappa shape index (κ1) is 9.17. The molecule has 2 bridgehead atoms. The Labute approximate surface area is 90.8 Å². The van der Waals surface area contributed by atoms with Crippen LogP contribution in [0.4, 0.5) is 0 Å². The molecule has 2 aliphatic carbocycles. The van der Waals surface area contributed by atoms with Gasteiger partial charge in [0.25, 0.3) is 0 Å². The molecule has 78 valence electrons. The summed E-state index contributed by atoms with van der Waals surface area (Å²) in [6.07, 6.45) is 7.78. The van der Waals surface area contributed by atoms with E-state index in [9.17, 15) is 0 Å². The van der Waals surface area contributed by atoms with Gasteiger partial charge < -0.3 is 4.74 Å². The summed E-state index contributed by atoms with van der Waals surface area (Å²) in [6, 6.07) is 10.4. The molecule has 1 nitrogen and oxygen atoms in total. The van der Waals surface area contributed by atoms with Crippen LogP contribution in [0.15, 0.2) is 42.5 Å². The van der Waals surface area contributed by atoms with Crippen molar-refractivity contribution in [3.8, 4) is 0 Å². The Hall–Kier alpha value is -1.08. The number of benzene rings is 1. The molecule has 1 heteroatoms. The van der Waals surface area contributed by atoms with Gasteiger partial charge in [0.1, 0.15) is 0 Å². The van der Waals surface area contributed by atoms with E-state index in [4.69, 9.17) is 4.74 Å². The van der Waals surface area contributed by atoms with Gasteiger partial charge in [-0.25, -0.2) is 0 Å². The fourth-order valence-corrected chi connectivity index (χ4v) is 2.74. The van der Waals surface area contributed by atoms with Crippen molar-refractivity contribution in [1.29, 1.82) is 0 Å². The van der Waals surface area contributed by atoms with Gasteiger partial charge in [-0.1, -0.05) is 42.5 Å². The van der Waals surface area contributed by atoms with Crippen molar-refractivity contribution < 1.29 is 4.74 Å². The van der Waals surface area contributed by atoms with Crippen molar-refractivity contribution >= 4 is 0 Å². The van der Waals surface area contributed by atoms with Crippen molar-refractivity contribution in [2.24, 2.45) is 11.8 Å². The highest BCUT2D eigenvalue weighted by Crippen LogP contribution is 2.41. The van der Waals surface area contributed by atoms with Gasteiger partial charge >= 0.3 is 0 Å². The SMILES string of the molecule is C1=C[C@H]2CC[C@@H]1C2OCc1ccccc1. The molecular formula is C14H16O. The van der Waals surface area contributed by atoms with E-state index < -0.39 is 0 Å². The maximum Gasteiger partial charge on any atom is 0.0721 e. The zero-order valence-electron chi connectivity index (χ0n) is 8.80. The molecule has 1 unspecified atom stereocenters. The lowest BCUT2D eigenvalue weighted by molar-refractivity contribution is 0.0167. The zero-order chi connectivity index (χ0) is 10.1. The van der Waals surface area contributed by atoms with E-state index in [1.807, 2.05) is 6.07 Å². The standard InChI is InChI=1S/C14H16O/c1-2-4-11(5-3-1)10-15-14-12-6-7-13(14)9-8-12/h1-7,12-14H,8-10H2/t12-,13+,14?. The predicted molar refractivity (Wildman–Crippen MR) is 60.4 cm³/mol. The smallest absolute Gasteiger partial charge is 0.0721 e. The van der Waals surface area contributed by atoms with Gasteiger partial charge in [0.2, 0.25) is 0 Å². The molecule has 3 atom stereocenters. The highest BCUT2D eigenvalue weighted by Gasteiger charge is 2.38. The minimum Gasteiger partial charge on any atom is -0.372 e. The Kier molecular flexibility index (Phi) is 2.34. The molecule has 1 saturated carbocycles. The number of hydrogen-bond acceptors (Lipinski definition) is 1. The van der Waals surface area contributed by atoms with Gasteiger partial charge in [0, 0.05) is 11.8 Å². The van der Waals surface area contributed by atoms with Gasteiger partial charge in [-0.15, -0.1) is 0 Å². The van der Waals surface area contributed by atoms with E-state index in [-0.39, 0.29) is 0 Å². The summed E-state index contributed by atoms with van der Waals surface area (Å²) in [5, 5.41) is 0. The van der Waals surface area contributed by atoms with Crippen LogP contribution in [-0.4, -0.2) is 6.10 Å². The molecular weight excluding hydrogens is 184 g/mol. The highest BCUT2D eigenvalue weighted by atomic mass is 16.5. The molecule has 0 heterocycles. The first-order chi connectivity index (χ1) is 7.43. The normalized spacial score (nSPS) is 32.4. The third kappa shape index (κ3) is 1.72. The average Bonchev–Trinajstić information content (AvgIpc) is 2.87. The summed E-state index contributed by atoms with van der Waals surface area (Å²) in [4.78, 5) is 0. The van der Waals surface area contributed by atoms with Gasteiger partial charge in [0.15, 0.2) is 0 Å². The van der Waals surface area contributed by atoms with Crippen LogP contribution in [0, 0.1) is 11.8 Å². The van der Waals surface area contributed by atoms with Crippen LogP contribution in [0.3, 0.4) is 0 Å². The Balaban J connectivity index is 1.60. The third-order valence-corrected chi connectivity index (χ3v) is 3.57. The van der Waals surface area contributed by atoms with Crippen LogP contribution in [0.5, 0.6) is 0 Å². The average molecular weight is 200 g/mol. The van der Waals surface area contributed by atoms with E-state index >= 15 is 0 Å². The van der Waals surface area contributed by atoms with Gasteiger partial charge in [-0.05, 0) is 18.4 Å². The molecule has 1 aromatic carbocycles. The fraction of sp³-hybridized carbons (Fsp3) is 0.429. The lowest BCUT2D eigenvalue weighted by atomic mass is 10.1. The largest absolute Gasteiger partial charge is 0.372 e. The van der Waals surface area contributed by atoms with E-state index in [1.54, 1.807) is 0 Å². The minimum atomic E-state index is 0.463.